The zero-order valence-corrected chi connectivity index (χ0v) is 6.92. The summed E-state index contributed by atoms with van der Waals surface area (Å²) in [7, 11) is 0. The molecule has 1 aliphatic heterocycles. The highest BCUT2D eigenvalue weighted by atomic mass is 16.2. The number of amidine groups is 1. The standard InChI is InChI=1S/C8H13N3O/c9-7-6(10-8(12)11-7)5-3-1-2-4-5/h5-6H,1-4H2,(H3,9,10,11,12). The zero-order valence-electron chi connectivity index (χ0n) is 6.92. The molecule has 1 heterocycles. The van der Waals surface area contributed by atoms with Crippen LogP contribution in [0, 0.1) is 5.92 Å². The molecule has 0 aromatic carbocycles. The maximum absolute atomic E-state index is 10.8. The summed E-state index contributed by atoms with van der Waals surface area (Å²) in [6, 6.07) is -0.246. The number of carbonyl (C=O) groups is 1. The number of urea groups is 1. The second-order valence-corrected chi connectivity index (χ2v) is 3.51. The topological polar surface area (TPSA) is 67.5 Å². The monoisotopic (exact) mass is 167 g/mol. The Morgan fingerprint density at radius 1 is 1.42 bits per heavy atom. The fraction of sp³-hybridized carbons (Fsp3) is 0.750. The minimum absolute atomic E-state index is 0.0278. The lowest BCUT2D eigenvalue weighted by molar-refractivity contribution is 0.248. The Labute approximate surface area is 71.2 Å². The van der Waals surface area contributed by atoms with Gasteiger partial charge in [-0.3, -0.25) is 0 Å². The molecule has 0 spiro atoms. The fourth-order valence-corrected chi connectivity index (χ4v) is 2.08. The van der Waals surface area contributed by atoms with Gasteiger partial charge >= 0.3 is 6.03 Å². The molecule has 1 aliphatic carbocycles. The summed E-state index contributed by atoms with van der Waals surface area (Å²) >= 11 is 0. The Hall–Kier alpha value is -1.06. The van der Waals surface area contributed by atoms with Gasteiger partial charge in [-0.1, -0.05) is 12.8 Å². The van der Waals surface area contributed by atoms with Gasteiger partial charge in [-0.15, -0.1) is 0 Å². The molecule has 1 unspecified atom stereocenters. The van der Waals surface area contributed by atoms with Crippen LogP contribution in [0.1, 0.15) is 25.7 Å². The molecule has 2 amide bonds. The normalized spacial score (nSPS) is 30.5. The van der Waals surface area contributed by atoms with E-state index in [4.69, 9.17) is 5.73 Å². The van der Waals surface area contributed by atoms with Crippen molar-refractivity contribution >= 4 is 11.9 Å². The Morgan fingerprint density at radius 2 is 2.08 bits per heavy atom. The van der Waals surface area contributed by atoms with Gasteiger partial charge in [0.1, 0.15) is 5.84 Å². The molecule has 0 bridgehead atoms. The molecule has 0 aromatic rings. The second-order valence-electron chi connectivity index (χ2n) is 3.51. The predicted molar refractivity (Wildman–Crippen MR) is 45.9 cm³/mol. The smallest absolute Gasteiger partial charge is 0.343 e. The van der Waals surface area contributed by atoms with Crippen LogP contribution in [0.5, 0.6) is 0 Å². The van der Waals surface area contributed by atoms with Gasteiger partial charge in [0.2, 0.25) is 0 Å². The minimum Gasteiger partial charge on any atom is -0.385 e. The van der Waals surface area contributed by atoms with Crippen molar-refractivity contribution in [2.24, 2.45) is 16.6 Å². The second kappa shape index (κ2) is 2.77. The Kier molecular flexibility index (Phi) is 1.75. The Morgan fingerprint density at radius 3 is 2.58 bits per heavy atom. The van der Waals surface area contributed by atoms with E-state index in [1.807, 2.05) is 0 Å². The highest BCUT2D eigenvalue weighted by molar-refractivity contribution is 6.02. The first-order valence-corrected chi connectivity index (χ1v) is 4.42. The molecule has 4 heteroatoms. The van der Waals surface area contributed by atoms with Gasteiger partial charge in [-0.05, 0) is 18.8 Å². The maximum Gasteiger partial charge on any atom is 0.343 e. The molecule has 66 valence electrons. The Balaban J connectivity index is 2.05. The van der Waals surface area contributed by atoms with E-state index < -0.39 is 0 Å². The van der Waals surface area contributed by atoms with Crippen molar-refractivity contribution in [1.82, 2.24) is 5.32 Å². The number of amides is 2. The summed E-state index contributed by atoms with van der Waals surface area (Å²) in [5.74, 6) is 1.01. The van der Waals surface area contributed by atoms with Gasteiger partial charge in [-0.2, -0.15) is 4.99 Å². The van der Waals surface area contributed by atoms with Crippen molar-refractivity contribution in [3.05, 3.63) is 0 Å². The molecule has 0 saturated heterocycles. The quantitative estimate of drug-likeness (QED) is 0.601. The van der Waals surface area contributed by atoms with Crippen LogP contribution < -0.4 is 11.1 Å². The van der Waals surface area contributed by atoms with Crippen molar-refractivity contribution in [2.45, 2.75) is 31.7 Å². The van der Waals surface area contributed by atoms with Gasteiger partial charge in [0.05, 0.1) is 6.04 Å². The number of nitrogens with one attached hydrogen (secondary N) is 1. The summed E-state index contributed by atoms with van der Waals surface area (Å²) in [4.78, 5) is 14.5. The SMILES string of the molecule is NC1=NC(=O)NC1C1CCCC1. The summed E-state index contributed by atoms with van der Waals surface area (Å²) in [5, 5.41) is 2.78. The third kappa shape index (κ3) is 1.17. The molecule has 0 aromatic heterocycles. The lowest BCUT2D eigenvalue weighted by Crippen LogP contribution is -2.41. The van der Waals surface area contributed by atoms with Crippen LogP contribution in [-0.4, -0.2) is 17.9 Å². The van der Waals surface area contributed by atoms with E-state index >= 15 is 0 Å². The minimum atomic E-state index is -0.274. The molecule has 12 heavy (non-hydrogen) atoms. The van der Waals surface area contributed by atoms with Crippen LogP contribution in [0.3, 0.4) is 0 Å². The van der Waals surface area contributed by atoms with Crippen LogP contribution >= 0.6 is 0 Å². The maximum atomic E-state index is 10.8. The first-order valence-electron chi connectivity index (χ1n) is 4.42. The molecule has 2 rings (SSSR count). The van der Waals surface area contributed by atoms with E-state index in [0.29, 0.717) is 11.8 Å². The van der Waals surface area contributed by atoms with Crippen LogP contribution in [0.2, 0.25) is 0 Å². The molecule has 2 aliphatic rings. The van der Waals surface area contributed by atoms with E-state index in [1.165, 1.54) is 25.7 Å². The fourth-order valence-electron chi connectivity index (χ4n) is 2.08. The van der Waals surface area contributed by atoms with E-state index in [-0.39, 0.29) is 12.1 Å². The zero-order chi connectivity index (χ0) is 8.55. The van der Waals surface area contributed by atoms with Gasteiger partial charge < -0.3 is 11.1 Å². The lowest BCUT2D eigenvalue weighted by atomic mass is 9.98. The largest absolute Gasteiger partial charge is 0.385 e. The van der Waals surface area contributed by atoms with Gasteiger partial charge in [-0.25, -0.2) is 4.79 Å². The molecular weight excluding hydrogens is 154 g/mol. The molecule has 1 atom stereocenters. The summed E-state index contributed by atoms with van der Waals surface area (Å²) in [6.07, 6.45) is 4.84. The molecule has 3 N–H and O–H groups in total. The highest BCUT2D eigenvalue weighted by Gasteiger charge is 2.32. The van der Waals surface area contributed by atoms with Gasteiger partial charge in [0.15, 0.2) is 0 Å². The van der Waals surface area contributed by atoms with Crippen LogP contribution in [0.15, 0.2) is 4.99 Å². The van der Waals surface area contributed by atoms with Crippen molar-refractivity contribution in [1.29, 1.82) is 0 Å². The Bertz CT molecular complexity index is 230. The van der Waals surface area contributed by atoms with Gasteiger partial charge in [0.25, 0.3) is 0 Å². The van der Waals surface area contributed by atoms with Crippen LogP contribution in [0.4, 0.5) is 4.79 Å². The van der Waals surface area contributed by atoms with Crippen LogP contribution in [0.25, 0.3) is 0 Å². The number of nitrogens with two attached hydrogens (primary N) is 1. The van der Waals surface area contributed by atoms with E-state index in [1.54, 1.807) is 0 Å². The first-order chi connectivity index (χ1) is 5.77. The molecule has 4 nitrogen and oxygen atoms in total. The van der Waals surface area contributed by atoms with Crippen LogP contribution in [-0.2, 0) is 0 Å². The van der Waals surface area contributed by atoms with E-state index in [9.17, 15) is 4.79 Å². The number of nitrogens with zero attached hydrogens (tertiary/aromatic N) is 1. The third-order valence-electron chi connectivity index (χ3n) is 2.70. The van der Waals surface area contributed by atoms with Crippen molar-refractivity contribution in [3.8, 4) is 0 Å². The number of rotatable bonds is 1. The average Bonchev–Trinajstić information content (AvgIpc) is 2.58. The van der Waals surface area contributed by atoms with E-state index in [2.05, 4.69) is 10.3 Å². The number of hydrogen-bond acceptors (Lipinski definition) is 2. The first kappa shape index (κ1) is 7.58. The van der Waals surface area contributed by atoms with Crippen molar-refractivity contribution < 1.29 is 4.79 Å². The molecule has 1 fully saturated rings. The molecule has 1 saturated carbocycles. The predicted octanol–water partition coefficient (Wildman–Crippen LogP) is 0.626. The molecule has 0 radical (unpaired) electrons. The van der Waals surface area contributed by atoms with Gasteiger partial charge in [0, 0.05) is 0 Å². The van der Waals surface area contributed by atoms with E-state index in [0.717, 1.165) is 0 Å². The lowest BCUT2D eigenvalue weighted by Gasteiger charge is -2.17. The summed E-state index contributed by atoms with van der Waals surface area (Å²) in [5.41, 5.74) is 5.62. The van der Waals surface area contributed by atoms with Crippen molar-refractivity contribution in [2.75, 3.05) is 0 Å². The molecular formula is C8H13N3O. The average molecular weight is 167 g/mol. The highest BCUT2D eigenvalue weighted by Crippen LogP contribution is 2.28. The van der Waals surface area contributed by atoms with Crippen molar-refractivity contribution in [3.63, 3.8) is 0 Å². The number of aliphatic imine (C=N–C) groups is 1. The third-order valence-corrected chi connectivity index (χ3v) is 2.70. The summed E-state index contributed by atoms with van der Waals surface area (Å²) < 4.78 is 0. The summed E-state index contributed by atoms with van der Waals surface area (Å²) in [6.45, 7) is 0. The number of carbonyl (C=O) groups excluding carboxylic acids is 1. The number of hydrogen-bond donors (Lipinski definition) is 2.